The number of benzene rings is 2. The predicted octanol–water partition coefficient (Wildman–Crippen LogP) is 3.99. The summed E-state index contributed by atoms with van der Waals surface area (Å²) in [6, 6.07) is 18.1. The fourth-order valence-electron chi connectivity index (χ4n) is 2.46. The van der Waals surface area contributed by atoms with Crippen molar-refractivity contribution in [1.82, 2.24) is 0 Å². The van der Waals surface area contributed by atoms with Crippen LogP contribution in [0.2, 0.25) is 0 Å². The summed E-state index contributed by atoms with van der Waals surface area (Å²) in [6.45, 7) is 3.58. The van der Waals surface area contributed by atoms with Gasteiger partial charge in [0.15, 0.2) is 5.41 Å². The summed E-state index contributed by atoms with van der Waals surface area (Å²) in [5, 5.41) is 22.3. The van der Waals surface area contributed by atoms with E-state index in [1.165, 1.54) is 7.11 Å². The van der Waals surface area contributed by atoms with Crippen LogP contribution in [0, 0.1) is 35.0 Å². The molecule has 0 fully saturated rings. The molecule has 0 amide bonds. The molecule has 5 heteroatoms. The van der Waals surface area contributed by atoms with Gasteiger partial charge in [0.2, 0.25) is 0 Å². The van der Waals surface area contributed by atoms with Crippen LogP contribution in [0.25, 0.3) is 0 Å². The lowest BCUT2D eigenvalue weighted by Crippen LogP contribution is -2.28. The average Bonchev–Trinajstić information content (AvgIpc) is 2.66. The van der Waals surface area contributed by atoms with Crippen molar-refractivity contribution >= 4 is 11.7 Å². The Morgan fingerprint density at radius 1 is 1.08 bits per heavy atom. The summed E-state index contributed by atoms with van der Waals surface area (Å²) in [5.41, 5.74) is 1.82. The van der Waals surface area contributed by atoms with Crippen LogP contribution < -0.4 is 5.32 Å². The number of hydrogen-bond acceptors (Lipinski definition) is 5. The van der Waals surface area contributed by atoms with Crippen molar-refractivity contribution in [2.45, 2.75) is 19.9 Å². The molecule has 0 aliphatic heterocycles. The molecule has 0 saturated heterocycles. The van der Waals surface area contributed by atoms with Crippen molar-refractivity contribution in [3.05, 3.63) is 65.2 Å². The molecule has 2 aromatic carbocycles. The zero-order valence-electron chi connectivity index (χ0n) is 14.4. The number of nitriles is 2. The summed E-state index contributed by atoms with van der Waals surface area (Å²) in [5.74, 6) is -0.416. The van der Waals surface area contributed by atoms with Gasteiger partial charge in [0.05, 0.1) is 30.9 Å². The van der Waals surface area contributed by atoms with Gasteiger partial charge in [-0.3, -0.25) is 0 Å². The smallest absolute Gasteiger partial charge is 0.337 e. The van der Waals surface area contributed by atoms with E-state index in [0.717, 1.165) is 11.1 Å². The maximum atomic E-state index is 11.5. The second-order valence-electron chi connectivity index (χ2n) is 5.98. The van der Waals surface area contributed by atoms with Crippen molar-refractivity contribution < 1.29 is 9.53 Å². The molecule has 1 N–H and O–H groups in total. The number of nitrogens with zero attached hydrogens (tertiary/aromatic N) is 2. The van der Waals surface area contributed by atoms with Crippen molar-refractivity contribution in [3.8, 4) is 12.1 Å². The first kappa shape index (κ1) is 18.0. The molecule has 1 atom stereocenters. The first-order valence-electron chi connectivity index (χ1n) is 7.77. The molecule has 0 saturated carbocycles. The third kappa shape index (κ3) is 3.97. The standard InChI is InChI=1S/C20H19N3O2/c1-14-4-6-15(7-5-14)18(20(2,12-21)13-22)23-17-10-8-16(9-11-17)19(24)25-3/h4-11,18,23H,1-3H3. The lowest BCUT2D eigenvalue weighted by atomic mass is 9.81. The minimum Gasteiger partial charge on any atom is -0.465 e. The van der Waals surface area contributed by atoms with Crippen molar-refractivity contribution in [2.75, 3.05) is 12.4 Å². The molecule has 126 valence electrons. The van der Waals surface area contributed by atoms with Gasteiger partial charge >= 0.3 is 5.97 Å². The molecule has 0 aliphatic rings. The van der Waals surface area contributed by atoms with E-state index >= 15 is 0 Å². The highest BCUT2D eigenvalue weighted by Gasteiger charge is 2.36. The molecule has 2 aromatic rings. The molecule has 1 unspecified atom stereocenters. The van der Waals surface area contributed by atoms with Crippen LogP contribution in [0.15, 0.2) is 48.5 Å². The minimum atomic E-state index is -1.25. The number of rotatable bonds is 5. The van der Waals surface area contributed by atoms with E-state index in [1.807, 2.05) is 31.2 Å². The molecule has 5 nitrogen and oxygen atoms in total. The average molecular weight is 333 g/mol. The summed E-state index contributed by atoms with van der Waals surface area (Å²) in [4.78, 5) is 11.5. The van der Waals surface area contributed by atoms with Gasteiger partial charge in [-0.1, -0.05) is 29.8 Å². The molecule has 0 aromatic heterocycles. The van der Waals surface area contributed by atoms with Crippen LogP contribution in [-0.2, 0) is 4.74 Å². The Balaban J connectivity index is 2.37. The third-order valence-corrected chi connectivity index (χ3v) is 4.07. The highest BCUT2D eigenvalue weighted by atomic mass is 16.5. The summed E-state index contributed by atoms with van der Waals surface area (Å²) < 4.78 is 4.68. The number of carbonyl (C=O) groups is 1. The van der Waals surface area contributed by atoms with Crippen LogP contribution in [0.1, 0.15) is 34.5 Å². The van der Waals surface area contributed by atoms with Crippen LogP contribution in [-0.4, -0.2) is 13.1 Å². The Bertz CT molecular complexity index is 813. The van der Waals surface area contributed by atoms with E-state index in [1.54, 1.807) is 31.2 Å². The molecular weight excluding hydrogens is 314 g/mol. The lowest BCUT2D eigenvalue weighted by molar-refractivity contribution is 0.0601. The maximum absolute atomic E-state index is 11.5. The molecule has 25 heavy (non-hydrogen) atoms. The van der Waals surface area contributed by atoms with Crippen molar-refractivity contribution in [3.63, 3.8) is 0 Å². The number of aryl methyl sites for hydroxylation is 1. The molecular formula is C20H19N3O2. The lowest BCUT2D eigenvalue weighted by Gasteiger charge is -2.28. The van der Waals surface area contributed by atoms with Gasteiger partial charge in [0, 0.05) is 5.69 Å². The number of esters is 1. The first-order chi connectivity index (χ1) is 11.9. The Morgan fingerprint density at radius 2 is 1.64 bits per heavy atom. The van der Waals surface area contributed by atoms with Gasteiger partial charge in [-0.2, -0.15) is 10.5 Å². The predicted molar refractivity (Wildman–Crippen MR) is 94.7 cm³/mol. The zero-order chi connectivity index (χ0) is 18.4. The number of carbonyl (C=O) groups excluding carboxylic acids is 1. The van der Waals surface area contributed by atoms with Gasteiger partial charge < -0.3 is 10.1 Å². The fraction of sp³-hybridized carbons (Fsp3) is 0.250. The van der Waals surface area contributed by atoms with Crippen molar-refractivity contribution in [2.24, 2.45) is 5.41 Å². The van der Waals surface area contributed by atoms with E-state index < -0.39 is 17.4 Å². The van der Waals surface area contributed by atoms with Crippen LogP contribution in [0.4, 0.5) is 5.69 Å². The van der Waals surface area contributed by atoms with Crippen LogP contribution in [0.3, 0.4) is 0 Å². The number of nitrogens with one attached hydrogen (secondary N) is 1. The van der Waals surface area contributed by atoms with E-state index in [0.29, 0.717) is 11.3 Å². The summed E-state index contributed by atoms with van der Waals surface area (Å²) in [7, 11) is 1.33. The monoisotopic (exact) mass is 333 g/mol. The second-order valence-corrected chi connectivity index (χ2v) is 5.98. The van der Waals surface area contributed by atoms with Gasteiger partial charge in [0.1, 0.15) is 0 Å². The highest BCUT2D eigenvalue weighted by molar-refractivity contribution is 5.89. The Hall–Kier alpha value is -3.31. The van der Waals surface area contributed by atoms with Gasteiger partial charge in [-0.05, 0) is 43.7 Å². The maximum Gasteiger partial charge on any atom is 0.337 e. The highest BCUT2D eigenvalue weighted by Crippen LogP contribution is 2.36. The molecule has 0 spiro atoms. The number of methoxy groups -OCH3 is 1. The van der Waals surface area contributed by atoms with Crippen molar-refractivity contribution in [1.29, 1.82) is 10.5 Å². The van der Waals surface area contributed by atoms with E-state index in [4.69, 9.17) is 0 Å². The van der Waals surface area contributed by atoms with Gasteiger partial charge in [-0.15, -0.1) is 0 Å². The molecule has 0 radical (unpaired) electrons. The molecule has 0 aliphatic carbocycles. The van der Waals surface area contributed by atoms with Gasteiger partial charge in [0.25, 0.3) is 0 Å². The summed E-state index contributed by atoms with van der Waals surface area (Å²) >= 11 is 0. The Labute approximate surface area is 147 Å². The quantitative estimate of drug-likeness (QED) is 0.836. The van der Waals surface area contributed by atoms with E-state index in [2.05, 4.69) is 22.2 Å². The van der Waals surface area contributed by atoms with E-state index in [-0.39, 0.29) is 0 Å². The Kier molecular flexibility index (Phi) is 5.41. The SMILES string of the molecule is COC(=O)c1ccc(NC(c2ccc(C)cc2)C(C)(C#N)C#N)cc1. The second kappa shape index (κ2) is 7.51. The van der Waals surface area contributed by atoms with Gasteiger partial charge in [-0.25, -0.2) is 4.79 Å². The minimum absolute atomic E-state index is 0.416. The van der Waals surface area contributed by atoms with Crippen LogP contribution >= 0.6 is 0 Å². The molecule has 2 rings (SSSR count). The number of anilines is 1. The number of ether oxygens (including phenoxy) is 1. The third-order valence-electron chi connectivity index (χ3n) is 4.07. The summed E-state index contributed by atoms with van der Waals surface area (Å²) in [6.07, 6.45) is 0. The zero-order valence-corrected chi connectivity index (χ0v) is 14.4. The molecule has 0 bridgehead atoms. The topological polar surface area (TPSA) is 85.9 Å². The largest absolute Gasteiger partial charge is 0.465 e. The number of hydrogen-bond donors (Lipinski definition) is 1. The van der Waals surface area contributed by atoms with Crippen LogP contribution in [0.5, 0.6) is 0 Å². The first-order valence-corrected chi connectivity index (χ1v) is 7.77. The van der Waals surface area contributed by atoms with E-state index in [9.17, 15) is 15.3 Å². The molecule has 0 heterocycles. The Morgan fingerprint density at radius 3 is 2.12 bits per heavy atom. The fourth-order valence-corrected chi connectivity index (χ4v) is 2.46. The normalized spacial score (nSPS) is 11.7.